The molecule has 1 atom stereocenters. The molecule has 1 aromatic carbocycles. The Hall–Kier alpha value is -0.600. The molecule has 0 fully saturated rings. The van der Waals surface area contributed by atoms with Crippen LogP contribution in [0.4, 0.5) is 4.39 Å². The Morgan fingerprint density at radius 1 is 1.29 bits per heavy atom. The summed E-state index contributed by atoms with van der Waals surface area (Å²) >= 11 is 5.78. The number of rotatable bonds is 2. The Morgan fingerprint density at radius 3 is 2.29 bits per heavy atom. The Balaban J connectivity index is 3.28. The van der Waals surface area contributed by atoms with Crippen LogP contribution in [0.15, 0.2) is 12.1 Å². The minimum atomic E-state index is -0.397. The molecular weight excluding hydrogens is 201 g/mol. The largest absolute Gasteiger partial charge is 0.324 e. The maximum Gasteiger partial charge on any atom is 0.146 e. The quantitative estimate of drug-likeness (QED) is 0.801. The van der Waals surface area contributed by atoms with Crippen LogP contribution in [-0.2, 0) is 0 Å². The first-order chi connectivity index (χ1) is 6.43. The molecule has 0 amide bonds. The summed E-state index contributed by atoms with van der Waals surface area (Å²) in [5.41, 5.74) is 7.16. The number of nitrogens with two attached hydrogens (primary N) is 1. The van der Waals surface area contributed by atoms with Crippen molar-refractivity contribution in [2.75, 3.05) is 0 Å². The van der Waals surface area contributed by atoms with E-state index in [2.05, 4.69) is 0 Å². The third kappa shape index (κ3) is 2.25. The van der Waals surface area contributed by atoms with Gasteiger partial charge in [0.05, 0.1) is 5.02 Å². The molecule has 0 aliphatic heterocycles. The second-order valence-corrected chi connectivity index (χ2v) is 4.26. The zero-order valence-electron chi connectivity index (χ0n) is 8.64. The van der Waals surface area contributed by atoms with E-state index in [0.717, 1.165) is 5.56 Å². The molecule has 14 heavy (non-hydrogen) atoms. The summed E-state index contributed by atoms with van der Waals surface area (Å²) in [4.78, 5) is 0. The highest BCUT2D eigenvalue weighted by Gasteiger charge is 2.13. The van der Waals surface area contributed by atoms with Crippen LogP contribution in [0.5, 0.6) is 0 Å². The smallest absolute Gasteiger partial charge is 0.146 e. The molecule has 1 rings (SSSR count). The van der Waals surface area contributed by atoms with Gasteiger partial charge < -0.3 is 5.73 Å². The van der Waals surface area contributed by atoms with Crippen LogP contribution in [0.25, 0.3) is 0 Å². The molecular formula is C11H15ClFN. The lowest BCUT2D eigenvalue weighted by molar-refractivity contribution is 0.592. The van der Waals surface area contributed by atoms with Crippen molar-refractivity contribution in [3.63, 3.8) is 0 Å². The molecule has 1 aromatic rings. The zero-order valence-corrected chi connectivity index (χ0v) is 9.40. The molecule has 0 bridgehead atoms. The molecule has 0 radical (unpaired) electrons. The van der Waals surface area contributed by atoms with Gasteiger partial charge in [-0.15, -0.1) is 0 Å². The van der Waals surface area contributed by atoms with Crippen molar-refractivity contribution in [1.29, 1.82) is 0 Å². The van der Waals surface area contributed by atoms with Crippen LogP contribution < -0.4 is 5.73 Å². The van der Waals surface area contributed by atoms with E-state index in [9.17, 15) is 4.39 Å². The molecule has 0 aromatic heterocycles. The van der Waals surface area contributed by atoms with Gasteiger partial charge in [0.2, 0.25) is 0 Å². The normalized spacial score (nSPS) is 13.4. The fraction of sp³-hybridized carbons (Fsp3) is 0.455. The summed E-state index contributed by atoms with van der Waals surface area (Å²) in [5.74, 6) is -0.0725. The van der Waals surface area contributed by atoms with E-state index in [-0.39, 0.29) is 11.1 Å². The Kier molecular flexibility index (Phi) is 3.51. The van der Waals surface area contributed by atoms with E-state index in [0.29, 0.717) is 11.5 Å². The highest BCUT2D eigenvalue weighted by atomic mass is 35.5. The zero-order chi connectivity index (χ0) is 10.9. The fourth-order valence-corrected chi connectivity index (χ4v) is 1.53. The molecule has 3 heteroatoms. The summed E-state index contributed by atoms with van der Waals surface area (Å²) < 4.78 is 13.5. The van der Waals surface area contributed by atoms with Gasteiger partial charge in [-0.05, 0) is 24.5 Å². The molecule has 1 nitrogen and oxygen atoms in total. The van der Waals surface area contributed by atoms with Crippen molar-refractivity contribution < 1.29 is 4.39 Å². The predicted molar refractivity (Wildman–Crippen MR) is 58.1 cm³/mol. The Bertz CT molecular complexity index is 334. The third-order valence-electron chi connectivity index (χ3n) is 2.24. The molecule has 0 aliphatic rings. The van der Waals surface area contributed by atoms with Gasteiger partial charge in [0, 0.05) is 11.6 Å². The van der Waals surface area contributed by atoms with E-state index in [1.54, 1.807) is 19.1 Å². The number of hydrogen-bond acceptors (Lipinski definition) is 1. The second-order valence-electron chi connectivity index (χ2n) is 3.85. The maximum absolute atomic E-state index is 13.5. The highest BCUT2D eigenvalue weighted by Crippen LogP contribution is 2.27. The van der Waals surface area contributed by atoms with Crippen LogP contribution in [0.1, 0.15) is 43.9 Å². The maximum atomic E-state index is 13.5. The lowest BCUT2D eigenvalue weighted by Crippen LogP contribution is -2.09. The van der Waals surface area contributed by atoms with Crippen LogP contribution in [-0.4, -0.2) is 0 Å². The second kappa shape index (κ2) is 4.28. The highest BCUT2D eigenvalue weighted by molar-refractivity contribution is 6.30. The number of hydrogen-bond donors (Lipinski definition) is 1. The van der Waals surface area contributed by atoms with Gasteiger partial charge in [-0.2, -0.15) is 0 Å². The summed E-state index contributed by atoms with van der Waals surface area (Å²) in [6.07, 6.45) is 0. The third-order valence-corrected chi connectivity index (χ3v) is 2.51. The van der Waals surface area contributed by atoms with Crippen LogP contribution in [0.3, 0.4) is 0 Å². The van der Waals surface area contributed by atoms with Crippen LogP contribution in [0.2, 0.25) is 5.02 Å². The van der Waals surface area contributed by atoms with Crippen molar-refractivity contribution in [2.24, 2.45) is 5.73 Å². The average molecular weight is 216 g/mol. The molecule has 78 valence electrons. The van der Waals surface area contributed by atoms with Crippen molar-refractivity contribution in [3.8, 4) is 0 Å². The molecule has 1 unspecified atom stereocenters. The van der Waals surface area contributed by atoms with Crippen LogP contribution >= 0.6 is 11.6 Å². The standard InChI is InChI=1S/C11H15ClFN/c1-6(2)8-4-9(7(3)14)11(13)10(12)5-8/h4-7H,14H2,1-3H3. The van der Waals surface area contributed by atoms with Gasteiger partial charge in [-0.1, -0.05) is 31.5 Å². The summed E-state index contributed by atoms with van der Waals surface area (Å²) in [6, 6.07) is 3.12. The van der Waals surface area contributed by atoms with E-state index in [1.165, 1.54) is 0 Å². The Labute approximate surface area is 89.1 Å². The van der Waals surface area contributed by atoms with Gasteiger partial charge in [0.25, 0.3) is 0 Å². The van der Waals surface area contributed by atoms with Gasteiger partial charge in [0.1, 0.15) is 5.82 Å². The monoisotopic (exact) mass is 215 g/mol. The topological polar surface area (TPSA) is 26.0 Å². The fourth-order valence-electron chi connectivity index (χ4n) is 1.30. The first-order valence-electron chi connectivity index (χ1n) is 4.68. The lowest BCUT2D eigenvalue weighted by atomic mass is 9.98. The van der Waals surface area contributed by atoms with Crippen molar-refractivity contribution in [2.45, 2.75) is 32.7 Å². The first kappa shape index (κ1) is 11.5. The number of benzene rings is 1. The molecule has 2 N–H and O–H groups in total. The Morgan fingerprint density at radius 2 is 1.86 bits per heavy atom. The van der Waals surface area contributed by atoms with Gasteiger partial charge >= 0.3 is 0 Å². The van der Waals surface area contributed by atoms with Crippen LogP contribution in [0, 0.1) is 5.82 Å². The van der Waals surface area contributed by atoms with E-state index < -0.39 is 5.82 Å². The minimum Gasteiger partial charge on any atom is -0.324 e. The number of halogens is 2. The van der Waals surface area contributed by atoms with Gasteiger partial charge in [-0.3, -0.25) is 0 Å². The van der Waals surface area contributed by atoms with Crippen molar-refractivity contribution in [3.05, 3.63) is 34.1 Å². The molecule has 0 spiro atoms. The molecule has 0 heterocycles. The summed E-state index contributed by atoms with van der Waals surface area (Å²) in [6.45, 7) is 5.82. The van der Waals surface area contributed by atoms with E-state index in [4.69, 9.17) is 17.3 Å². The first-order valence-corrected chi connectivity index (χ1v) is 5.05. The van der Waals surface area contributed by atoms with Crippen molar-refractivity contribution >= 4 is 11.6 Å². The minimum absolute atomic E-state index is 0.156. The molecule has 0 aliphatic carbocycles. The van der Waals surface area contributed by atoms with Gasteiger partial charge in [-0.25, -0.2) is 4.39 Å². The predicted octanol–water partition coefficient (Wildman–Crippen LogP) is 3.62. The average Bonchev–Trinajstić information content (AvgIpc) is 2.08. The molecule has 0 saturated heterocycles. The van der Waals surface area contributed by atoms with E-state index in [1.807, 2.05) is 13.8 Å². The summed E-state index contributed by atoms with van der Waals surface area (Å²) in [5, 5.41) is 0.156. The summed E-state index contributed by atoms with van der Waals surface area (Å²) in [7, 11) is 0. The van der Waals surface area contributed by atoms with Gasteiger partial charge in [0.15, 0.2) is 0 Å². The van der Waals surface area contributed by atoms with E-state index >= 15 is 0 Å². The SMILES string of the molecule is CC(C)c1cc(Cl)c(F)c(C(C)N)c1. The molecule has 0 saturated carbocycles. The lowest BCUT2D eigenvalue weighted by Gasteiger charge is -2.13. The van der Waals surface area contributed by atoms with Crippen molar-refractivity contribution in [1.82, 2.24) is 0 Å².